The summed E-state index contributed by atoms with van der Waals surface area (Å²) in [5.74, 6) is 0.277. The topological polar surface area (TPSA) is 29.5 Å². The van der Waals surface area contributed by atoms with Crippen LogP contribution in [0.2, 0.25) is 0 Å². The summed E-state index contributed by atoms with van der Waals surface area (Å²) in [5, 5.41) is 0. The van der Waals surface area contributed by atoms with E-state index >= 15 is 0 Å². The molecule has 1 aromatic carbocycles. The molecule has 2 unspecified atom stereocenters. The van der Waals surface area contributed by atoms with Crippen molar-refractivity contribution >= 4 is 5.91 Å². The molecule has 1 saturated heterocycles. The van der Waals surface area contributed by atoms with Gasteiger partial charge in [0.1, 0.15) is 11.6 Å². The van der Waals surface area contributed by atoms with Crippen LogP contribution in [0.15, 0.2) is 18.2 Å². The standard InChI is InChI=1S/C16H22FNO2/c1-11-5-4-6-12(2)18(11)16(19)10-13-9-14(17)7-8-15(13)20-3/h7-9,11-12H,4-6,10H2,1-3H3. The Morgan fingerprint density at radius 1 is 1.35 bits per heavy atom. The Morgan fingerprint density at radius 2 is 2.00 bits per heavy atom. The molecule has 4 heteroatoms. The molecule has 2 rings (SSSR count). The van der Waals surface area contributed by atoms with Crippen LogP contribution >= 0.6 is 0 Å². The van der Waals surface area contributed by atoms with Crippen molar-refractivity contribution in [1.82, 2.24) is 4.90 Å². The molecule has 0 spiro atoms. The van der Waals surface area contributed by atoms with Crippen LogP contribution in [0.4, 0.5) is 4.39 Å². The number of carbonyl (C=O) groups excluding carboxylic acids is 1. The highest BCUT2D eigenvalue weighted by atomic mass is 19.1. The van der Waals surface area contributed by atoms with E-state index in [9.17, 15) is 9.18 Å². The average Bonchev–Trinajstić information content (AvgIpc) is 2.38. The van der Waals surface area contributed by atoms with E-state index in [1.54, 1.807) is 6.07 Å². The van der Waals surface area contributed by atoms with Crippen LogP contribution in [-0.4, -0.2) is 30.0 Å². The summed E-state index contributed by atoms with van der Waals surface area (Å²) in [4.78, 5) is 14.5. The first-order chi connectivity index (χ1) is 9.52. The van der Waals surface area contributed by atoms with Crippen molar-refractivity contribution in [2.75, 3.05) is 7.11 Å². The Labute approximate surface area is 119 Å². The number of likely N-dealkylation sites (tertiary alicyclic amines) is 1. The minimum absolute atomic E-state index is 0.0496. The molecular weight excluding hydrogens is 257 g/mol. The van der Waals surface area contributed by atoms with Crippen LogP contribution in [0.25, 0.3) is 0 Å². The van der Waals surface area contributed by atoms with E-state index in [4.69, 9.17) is 4.74 Å². The van der Waals surface area contributed by atoms with Crippen LogP contribution in [0, 0.1) is 5.82 Å². The summed E-state index contributed by atoms with van der Waals surface area (Å²) >= 11 is 0. The number of ether oxygens (including phenoxy) is 1. The monoisotopic (exact) mass is 279 g/mol. The molecule has 110 valence electrons. The van der Waals surface area contributed by atoms with Gasteiger partial charge in [-0.05, 0) is 51.3 Å². The quantitative estimate of drug-likeness (QED) is 0.850. The van der Waals surface area contributed by atoms with Gasteiger partial charge in [0.15, 0.2) is 0 Å². The van der Waals surface area contributed by atoms with Crippen LogP contribution in [0.5, 0.6) is 5.75 Å². The normalized spacial score (nSPS) is 22.7. The van der Waals surface area contributed by atoms with E-state index in [1.165, 1.54) is 19.2 Å². The Morgan fingerprint density at radius 3 is 2.60 bits per heavy atom. The van der Waals surface area contributed by atoms with Gasteiger partial charge < -0.3 is 9.64 Å². The first-order valence-corrected chi connectivity index (χ1v) is 7.16. The number of halogens is 1. The lowest BCUT2D eigenvalue weighted by atomic mass is 9.96. The van der Waals surface area contributed by atoms with Gasteiger partial charge in [0, 0.05) is 17.6 Å². The SMILES string of the molecule is COc1ccc(F)cc1CC(=O)N1C(C)CCCC1C. The maximum absolute atomic E-state index is 13.3. The molecule has 1 amide bonds. The second-order valence-electron chi connectivity index (χ2n) is 5.56. The van der Waals surface area contributed by atoms with Crippen LogP contribution in [-0.2, 0) is 11.2 Å². The van der Waals surface area contributed by atoms with Gasteiger partial charge in [0.05, 0.1) is 13.5 Å². The molecule has 1 heterocycles. The Kier molecular flexibility index (Phi) is 4.63. The lowest BCUT2D eigenvalue weighted by Crippen LogP contribution is -2.48. The van der Waals surface area contributed by atoms with E-state index in [0.717, 1.165) is 19.3 Å². The zero-order valence-corrected chi connectivity index (χ0v) is 12.4. The van der Waals surface area contributed by atoms with Crippen molar-refractivity contribution in [2.24, 2.45) is 0 Å². The Bertz CT molecular complexity index is 479. The van der Waals surface area contributed by atoms with Gasteiger partial charge >= 0.3 is 0 Å². The van der Waals surface area contributed by atoms with Gasteiger partial charge in [-0.3, -0.25) is 4.79 Å². The number of hydrogen-bond donors (Lipinski definition) is 0. The zero-order chi connectivity index (χ0) is 14.7. The number of hydrogen-bond acceptors (Lipinski definition) is 2. The van der Waals surface area contributed by atoms with Crippen LogP contribution in [0.1, 0.15) is 38.7 Å². The molecule has 0 aromatic heterocycles. The van der Waals surface area contributed by atoms with E-state index < -0.39 is 0 Å². The van der Waals surface area contributed by atoms with Crippen molar-refractivity contribution in [3.05, 3.63) is 29.6 Å². The molecule has 1 aliphatic heterocycles. The Hall–Kier alpha value is -1.58. The summed E-state index contributed by atoms with van der Waals surface area (Å²) < 4.78 is 18.6. The van der Waals surface area contributed by atoms with Crippen molar-refractivity contribution in [1.29, 1.82) is 0 Å². The minimum Gasteiger partial charge on any atom is -0.496 e. The van der Waals surface area contributed by atoms with Crippen molar-refractivity contribution in [2.45, 2.75) is 51.6 Å². The summed E-state index contributed by atoms with van der Waals surface area (Å²) in [5.41, 5.74) is 0.613. The summed E-state index contributed by atoms with van der Waals surface area (Å²) in [7, 11) is 1.54. The molecule has 0 radical (unpaired) electrons. The fraction of sp³-hybridized carbons (Fsp3) is 0.562. The highest BCUT2D eigenvalue weighted by Gasteiger charge is 2.29. The van der Waals surface area contributed by atoms with E-state index in [2.05, 4.69) is 13.8 Å². The van der Waals surface area contributed by atoms with Crippen LogP contribution in [0.3, 0.4) is 0 Å². The van der Waals surface area contributed by atoms with E-state index in [-0.39, 0.29) is 30.2 Å². The predicted octanol–water partition coefficient (Wildman–Crippen LogP) is 3.17. The van der Waals surface area contributed by atoms with Crippen LogP contribution < -0.4 is 4.74 Å². The number of carbonyl (C=O) groups is 1. The van der Waals surface area contributed by atoms with Crippen molar-refractivity contribution in [3.63, 3.8) is 0 Å². The molecule has 0 aliphatic carbocycles. The third kappa shape index (κ3) is 3.11. The maximum Gasteiger partial charge on any atom is 0.227 e. The highest BCUT2D eigenvalue weighted by Crippen LogP contribution is 2.25. The lowest BCUT2D eigenvalue weighted by molar-refractivity contribution is -0.136. The fourth-order valence-corrected chi connectivity index (χ4v) is 3.05. The first-order valence-electron chi connectivity index (χ1n) is 7.16. The largest absolute Gasteiger partial charge is 0.496 e. The highest BCUT2D eigenvalue weighted by molar-refractivity contribution is 5.80. The van der Waals surface area contributed by atoms with E-state index in [1.807, 2.05) is 4.90 Å². The summed E-state index contributed by atoms with van der Waals surface area (Å²) in [6, 6.07) is 4.81. The average molecular weight is 279 g/mol. The number of rotatable bonds is 3. The smallest absolute Gasteiger partial charge is 0.227 e. The van der Waals surface area contributed by atoms with Gasteiger partial charge in [-0.25, -0.2) is 4.39 Å². The molecule has 0 saturated carbocycles. The molecule has 20 heavy (non-hydrogen) atoms. The number of methoxy groups -OCH3 is 1. The van der Waals surface area contributed by atoms with Gasteiger partial charge in [-0.1, -0.05) is 0 Å². The predicted molar refractivity (Wildman–Crippen MR) is 76.3 cm³/mol. The van der Waals surface area contributed by atoms with Gasteiger partial charge in [-0.15, -0.1) is 0 Å². The van der Waals surface area contributed by atoms with Gasteiger partial charge in [0.25, 0.3) is 0 Å². The molecule has 1 fully saturated rings. The Balaban J connectivity index is 2.16. The first kappa shape index (κ1) is 14.8. The molecule has 1 aromatic rings. The fourth-order valence-electron chi connectivity index (χ4n) is 3.05. The van der Waals surface area contributed by atoms with Crippen molar-refractivity contribution in [3.8, 4) is 5.75 Å². The second-order valence-corrected chi connectivity index (χ2v) is 5.56. The van der Waals surface area contributed by atoms with Gasteiger partial charge in [-0.2, -0.15) is 0 Å². The zero-order valence-electron chi connectivity index (χ0n) is 12.4. The third-order valence-corrected chi connectivity index (χ3v) is 4.07. The maximum atomic E-state index is 13.3. The second kappa shape index (κ2) is 6.25. The number of amides is 1. The third-order valence-electron chi connectivity index (χ3n) is 4.07. The molecule has 1 aliphatic rings. The molecule has 2 atom stereocenters. The molecule has 0 bridgehead atoms. The lowest BCUT2D eigenvalue weighted by Gasteiger charge is -2.39. The molecule has 0 N–H and O–H groups in total. The minimum atomic E-state index is -0.339. The summed E-state index contributed by atoms with van der Waals surface area (Å²) in [6.07, 6.45) is 3.43. The van der Waals surface area contributed by atoms with Crippen molar-refractivity contribution < 1.29 is 13.9 Å². The summed E-state index contributed by atoms with van der Waals surface area (Å²) in [6.45, 7) is 4.16. The number of piperidine rings is 1. The van der Waals surface area contributed by atoms with Gasteiger partial charge in [0.2, 0.25) is 5.91 Å². The molecule has 3 nitrogen and oxygen atoms in total. The van der Waals surface area contributed by atoms with E-state index in [0.29, 0.717) is 11.3 Å². The number of benzene rings is 1. The number of nitrogens with zero attached hydrogens (tertiary/aromatic N) is 1. The molecular formula is C16H22FNO2.